The molecule has 2 rings (SSSR count). The summed E-state index contributed by atoms with van der Waals surface area (Å²) in [7, 11) is 0. The monoisotopic (exact) mass is 382 g/mol. The first-order valence-electron chi connectivity index (χ1n) is 8.22. The molecule has 27 heavy (non-hydrogen) atoms. The first-order chi connectivity index (χ1) is 12.8. The number of hydrogen-bond acceptors (Lipinski definition) is 2. The van der Waals surface area contributed by atoms with E-state index in [1.807, 2.05) is 0 Å². The first-order valence-corrected chi connectivity index (χ1v) is 8.22. The molecular formula is C19H18F4N2O2. The normalized spacial score (nSPS) is 10.6. The molecule has 0 heterocycles. The molecule has 2 aromatic carbocycles. The summed E-state index contributed by atoms with van der Waals surface area (Å²) in [6.45, 7) is 1.62. The van der Waals surface area contributed by atoms with E-state index >= 15 is 0 Å². The molecule has 0 aliphatic heterocycles. The maximum absolute atomic E-state index is 13.6. The maximum atomic E-state index is 13.6. The molecule has 2 amide bonds. The van der Waals surface area contributed by atoms with Gasteiger partial charge in [0.25, 0.3) is 5.91 Å². The smallest absolute Gasteiger partial charge is 0.254 e. The number of nitrogens with one attached hydrogen (secondary N) is 1. The van der Waals surface area contributed by atoms with Crippen molar-refractivity contribution in [3.63, 3.8) is 0 Å². The summed E-state index contributed by atoms with van der Waals surface area (Å²) in [5.41, 5.74) is -0.175. The number of hydrogen-bond donors (Lipinski definition) is 1. The van der Waals surface area contributed by atoms with E-state index in [4.69, 9.17) is 0 Å². The van der Waals surface area contributed by atoms with E-state index in [9.17, 15) is 27.2 Å². The molecular weight excluding hydrogens is 364 g/mol. The number of amides is 2. The topological polar surface area (TPSA) is 49.4 Å². The van der Waals surface area contributed by atoms with E-state index in [1.54, 1.807) is 18.2 Å². The number of halogens is 4. The molecule has 1 N–H and O–H groups in total. The number of rotatable bonds is 7. The van der Waals surface area contributed by atoms with Crippen molar-refractivity contribution in [3.8, 4) is 0 Å². The summed E-state index contributed by atoms with van der Waals surface area (Å²) in [5, 5.41) is 2.35. The molecule has 0 atom stereocenters. The second-order valence-corrected chi connectivity index (χ2v) is 5.83. The van der Waals surface area contributed by atoms with Crippen LogP contribution in [0.2, 0.25) is 0 Å². The lowest BCUT2D eigenvalue weighted by Gasteiger charge is -2.21. The SMILES string of the molecule is CC(=O)N(CCNC(=O)c1ccc(F)c(F)c1F)CCc1ccccc1F. The van der Waals surface area contributed by atoms with Gasteiger partial charge >= 0.3 is 0 Å². The predicted octanol–water partition coefficient (Wildman–Crippen LogP) is 3.06. The third-order valence-electron chi connectivity index (χ3n) is 4.00. The molecule has 0 spiro atoms. The Morgan fingerprint density at radius 3 is 2.30 bits per heavy atom. The molecule has 144 valence electrons. The highest BCUT2D eigenvalue weighted by Gasteiger charge is 2.19. The van der Waals surface area contributed by atoms with Crippen LogP contribution in [0.5, 0.6) is 0 Å². The van der Waals surface area contributed by atoms with Crippen LogP contribution >= 0.6 is 0 Å². The average molecular weight is 382 g/mol. The van der Waals surface area contributed by atoms with Crippen LogP contribution in [0.15, 0.2) is 36.4 Å². The Kier molecular flexibility index (Phi) is 6.92. The van der Waals surface area contributed by atoms with Gasteiger partial charge in [-0.2, -0.15) is 0 Å². The summed E-state index contributed by atoms with van der Waals surface area (Å²) in [6, 6.07) is 7.68. The molecule has 2 aromatic rings. The van der Waals surface area contributed by atoms with Crippen LogP contribution in [0, 0.1) is 23.3 Å². The Morgan fingerprint density at radius 2 is 1.63 bits per heavy atom. The lowest BCUT2D eigenvalue weighted by molar-refractivity contribution is -0.128. The fourth-order valence-electron chi connectivity index (χ4n) is 2.48. The summed E-state index contributed by atoms with van der Waals surface area (Å²) in [5.74, 6) is -6.26. The van der Waals surface area contributed by atoms with E-state index in [0.717, 1.165) is 6.07 Å². The minimum Gasteiger partial charge on any atom is -0.350 e. The van der Waals surface area contributed by atoms with Gasteiger partial charge in [-0.3, -0.25) is 9.59 Å². The van der Waals surface area contributed by atoms with Crippen molar-refractivity contribution in [2.75, 3.05) is 19.6 Å². The summed E-state index contributed by atoms with van der Waals surface area (Å²) in [4.78, 5) is 25.0. The van der Waals surface area contributed by atoms with E-state index in [2.05, 4.69) is 5.32 Å². The summed E-state index contributed by atoms with van der Waals surface area (Å²) in [6.07, 6.45) is 0.290. The van der Waals surface area contributed by atoms with Crippen LogP contribution in [0.1, 0.15) is 22.8 Å². The Labute approximate surface area is 153 Å². The van der Waals surface area contributed by atoms with E-state index in [1.165, 1.54) is 17.9 Å². The zero-order valence-corrected chi connectivity index (χ0v) is 14.6. The molecule has 0 aromatic heterocycles. The highest BCUT2D eigenvalue weighted by Crippen LogP contribution is 2.15. The highest BCUT2D eigenvalue weighted by atomic mass is 19.2. The lowest BCUT2D eigenvalue weighted by atomic mass is 10.1. The van der Waals surface area contributed by atoms with Gasteiger partial charge < -0.3 is 10.2 Å². The van der Waals surface area contributed by atoms with Gasteiger partial charge in [-0.25, -0.2) is 17.6 Å². The molecule has 0 unspecified atom stereocenters. The van der Waals surface area contributed by atoms with Crippen molar-refractivity contribution in [3.05, 3.63) is 70.8 Å². The van der Waals surface area contributed by atoms with Gasteiger partial charge in [0, 0.05) is 26.6 Å². The highest BCUT2D eigenvalue weighted by molar-refractivity contribution is 5.94. The van der Waals surface area contributed by atoms with Crippen molar-refractivity contribution in [2.45, 2.75) is 13.3 Å². The lowest BCUT2D eigenvalue weighted by Crippen LogP contribution is -2.38. The molecule has 0 fully saturated rings. The standard InChI is InChI=1S/C19H18F4N2O2/c1-12(26)25(10-8-13-4-2-3-5-15(13)20)11-9-24-19(27)14-6-7-16(21)18(23)17(14)22/h2-7H,8-11H2,1H3,(H,24,27). The van der Waals surface area contributed by atoms with Crippen LogP contribution < -0.4 is 5.32 Å². The second kappa shape index (κ2) is 9.16. The van der Waals surface area contributed by atoms with Crippen molar-refractivity contribution in [1.29, 1.82) is 0 Å². The Hall–Kier alpha value is -2.90. The molecule has 0 saturated heterocycles. The Bertz CT molecular complexity index is 842. The van der Waals surface area contributed by atoms with Gasteiger partial charge in [0.1, 0.15) is 5.82 Å². The number of carbonyl (C=O) groups is 2. The molecule has 0 saturated carbocycles. The maximum Gasteiger partial charge on any atom is 0.254 e. The Morgan fingerprint density at radius 1 is 0.926 bits per heavy atom. The van der Waals surface area contributed by atoms with Crippen molar-refractivity contribution < 1.29 is 27.2 Å². The largest absolute Gasteiger partial charge is 0.350 e. The number of nitrogens with zero attached hydrogens (tertiary/aromatic N) is 1. The van der Waals surface area contributed by atoms with Crippen molar-refractivity contribution in [1.82, 2.24) is 10.2 Å². The minimum atomic E-state index is -1.72. The van der Waals surface area contributed by atoms with E-state index in [0.29, 0.717) is 11.6 Å². The van der Waals surface area contributed by atoms with Gasteiger partial charge in [0.15, 0.2) is 17.5 Å². The zero-order valence-electron chi connectivity index (χ0n) is 14.6. The fraction of sp³-hybridized carbons (Fsp3) is 0.263. The van der Waals surface area contributed by atoms with Gasteiger partial charge in [-0.15, -0.1) is 0 Å². The number of benzene rings is 2. The van der Waals surface area contributed by atoms with Crippen LogP contribution in [0.25, 0.3) is 0 Å². The van der Waals surface area contributed by atoms with Crippen molar-refractivity contribution in [2.24, 2.45) is 0 Å². The van der Waals surface area contributed by atoms with Crippen LogP contribution in [-0.4, -0.2) is 36.3 Å². The molecule has 0 radical (unpaired) electrons. The third kappa shape index (κ3) is 5.29. The fourth-order valence-corrected chi connectivity index (χ4v) is 2.48. The number of carbonyl (C=O) groups excluding carboxylic acids is 2. The minimum absolute atomic E-state index is 0.0336. The van der Waals surface area contributed by atoms with Gasteiger partial charge in [-0.1, -0.05) is 18.2 Å². The van der Waals surface area contributed by atoms with Gasteiger partial charge in [0.05, 0.1) is 5.56 Å². The Balaban J connectivity index is 1.91. The quantitative estimate of drug-likeness (QED) is 0.591. The third-order valence-corrected chi connectivity index (χ3v) is 4.00. The van der Waals surface area contributed by atoms with Crippen LogP contribution in [-0.2, 0) is 11.2 Å². The van der Waals surface area contributed by atoms with Crippen LogP contribution in [0.3, 0.4) is 0 Å². The van der Waals surface area contributed by atoms with Crippen LogP contribution in [0.4, 0.5) is 17.6 Å². The summed E-state index contributed by atoms with van der Waals surface area (Å²) >= 11 is 0. The summed E-state index contributed by atoms with van der Waals surface area (Å²) < 4.78 is 53.3. The van der Waals surface area contributed by atoms with E-state index in [-0.39, 0.29) is 37.8 Å². The first kappa shape index (κ1) is 20.4. The van der Waals surface area contributed by atoms with E-state index < -0.39 is 28.9 Å². The predicted molar refractivity (Wildman–Crippen MR) is 91.0 cm³/mol. The second-order valence-electron chi connectivity index (χ2n) is 5.83. The molecule has 0 aliphatic rings. The molecule has 8 heteroatoms. The van der Waals surface area contributed by atoms with Gasteiger partial charge in [0.2, 0.25) is 5.91 Å². The zero-order chi connectivity index (χ0) is 20.0. The molecule has 4 nitrogen and oxygen atoms in total. The average Bonchev–Trinajstić information content (AvgIpc) is 2.63. The van der Waals surface area contributed by atoms with Gasteiger partial charge in [-0.05, 0) is 30.2 Å². The van der Waals surface area contributed by atoms with Crippen molar-refractivity contribution >= 4 is 11.8 Å². The molecule has 0 bridgehead atoms. The molecule has 0 aliphatic carbocycles.